The second kappa shape index (κ2) is 7.58. The van der Waals surface area contributed by atoms with Gasteiger partial charge in [-0.2, -0.15) is 0 Å². The lowest BCUT2D eigenvalue weighted by molar-refractivity contribution is -0.136. The SMILES string of the molecule is O=C(Nc1cc(F)c(N2CCCC2)c(F)c1)C(=O)N[C@H]1CCc2ccccc21. The first kappa shape index (κ1) is 18.4. The third-order valence-electron chi connectivity index (χ3n) is 5.34. The summed E-state index contributed by atoms with van der Waals surface area (Å²) in [7, 11) is 0. The van der Waals surface area contributed by atoms with Crippen LogP contribution >= 0.6 is 0 Å². The van der Waals surface area contributed by atoms with Crippen LogP contribution in [0.4, 0.5) is 20.2 Å². The maximum absolute atomic E-state index is 14.4. The summed E-state index contributed by atoms with van der Waals surface area (Å²) in [4.78, 5) is 26.1. The Balaban J connectivity index is 1.43. The molecule has 4 rings (SSSR count). The van der Waals surface area contributed by atoms with E-state index in [9.17, 15) is 18.4 Å². The molecule has 2 amide bonds. The Morgan fingerprint density at radius 1 is 1.00 bits per heavy atom. The fourth-order valence-corrected chi connectivity index (χ4v) is 4.00. The molecule has 2 aromatic rings. The number of hydrogen-bond donors (Lipinski definition) is 2. The number of hydrogen-bond acceptors (Lipinski definition) is 3. The van der Waals surface area contributed by atoms with Gasteiger partial charge < -0.3 is 15.5 Å². The van der Waals surface area contributed by atoms with Crippen LogP contribution in [0, 0.1) is 11.6 Å². The van der Waals surface area contributed by atoms with Gasteiger partial charge in [0.25, 0.3) is 0 Å². The molecule has 0 radical (unpaired) electrons. The van der Waals surface area contributed by atoms with E-state index in [2.05, 4.69) is 10.6 Å². The zero-order valence-corrected chi connectivity index (χ0v) is 15.3. The van der Waals surface area contributed by atoms with Crippen molar-refractivity contribution in [1.29, 1.82) is 0 Å². The summed E-state index contributed by atoms with van der Waals surface area (Å²) in [6.07, 6.45) is 3.33. The molecule has 7 heteroatoms. The summed E-state index contributed by atoms with van der Waals surface area (Å²) in [5.41, 5.74) is 1.98. The van der Waals surface area contributed by atoms with E-state index < -0.39 is 23.4 Å². The Kier molecular flexibility index (Phi) is 4.98. The molecule has 146 valence electrons. The lowest BCUT2D eigenvalue weighted by atomic mass is 10.1. The standard InChI is InChI=1S/C21H21F2N3O2/c22-16-11-14(12-17(23)19(16)26-9-3-4-10-26)24-20(27)21(28)25-18-8-7-13-5-1-2-6-15(13)18/h1-2,5-6,11-12,18H,3-4,7-10H2,(H,24,27)(H,25,28)/t18-/m0/s1. The first-order valence-corrected chi connectivity index (χ1v) is 9.46. The molecule has 1 heterocycles. The molecule has 0 saturated carbocycles. The molecular weight excluding hydrogens is 364 g/mol. The van der Waals surface area contributed by atoms with Crippen molar-refractivity contribution in [3.05, 3.63) is 59.2 Å². The van der Waals surface area contributed by atoms with Crippen molar-refractivity contribution < 1.29 is 18.4 Å². The van der Waals surface area contributed by atoms with Crippen molar-refractivity contribution in [3.8, 4) is 0 Å². The van der Waals surface area contributed by atoms with Crippen molar-refractivity contribution in [1.82, 2.24) is 5.32 Å². The molecule has 0 unspecified atom stereocenters. The van der Waals surface area contributed by atoms with Gasteiger partial charge in [-0.05, 0) is 48.9 Å². The van der Waals surface area contributed by atoms with Crippen molar-refractivity contribution in [3.63, 3.8) is 0 Å². The maximum atomic E-state index is 14.4. The summed E-state index contributed by atoms with van der Waals surface area (Å²) in [6, 6.07) is 9.60. The summed E-state index contributed by atoms with van der Waals surface area (Å²) in [5, 5.41) is 4.98. The zero-order chi connectivity index (χ0) is 19.7. The van der Waals surface area contributed by atoms with Crippen LogP contribution in [0.2, 0.25) is 0 Å². The van der Waals surface area contributed by atoms with E-state index in [0.717, 1.165) is 42.5 Å². The van der Waals surface area contributed by atoms with Gasteiger partial charge in [0.05, 0.1) is 6.04 Å². The smallest absolute Gasteiger partial charge is 0.313 e. The van der Waals surface area contributed by atoms with Crippen molar-refractivity contribution in [2.45, 2.75) is 31.7 Å². The number of aryl methyl sites for hydroxylation is 1. The molecular formula is C21H21F2N3O2. The highest BCUT2D eigenvalue weighted by atomic mass is 19.1. The van der Waals surface area contributed by atoms with Crippen LogP contribution in [-0.4, -0.2) is 24.9 Å². The van der Waals surface area contributed by atoms with Crippen LogP contribution in [-0.2, 0) is 16.0 Å². The number of nitrogens with one attached hydrogen (secondary N) is 2. The molecule has 1 atom stereocenters. The number of halogens is 2. The average molecular weight is 385 g/mol. The summed E-state index contributed by atoms with van der Waals surface area (Å²) in [5.74, 6) is -3.27. The van der Waals surface area contributed by atoms with Gasteiger partial charge in [0, 0.05) is 18.8 Å². The molecule has 1 fully saturated rings. The maximum Gasteiger partial charge on any atom is 0.313 e. The van der Waals surface area contributed by atoms with Crippen LogP contribution in [0.25, 0.3) is 0 Å². The van der Waals surface area contributed by atoms with Gasteiger partial charge in [-0.3, -0.25) is 9.59 Å². The van der Waals surface area contributed by atoms with E-state index in [1.807, 2.05) is 24.3 Å². The Morgan fingerprint density at radius 3 is 2.39 bits per heavy atom. The second-order valence-electron chi connectivity index (χ2n) is 7.20. The van der Waals surface area contributed by atoms with Gasteiger partial charge in [0.15, 0.2) is 11.6 Å². The molecule has 0 spiro atoms. The van der Waals surface area contributed by atoms with Crippen LogP contribution in [0.15, 0.2) is 36.4 Å². The highest BCUT2D eigenvalue weighted by Gasteiger charge is 2.27. The molecule has 5 nitrogen and oxygen atoms in total. The Labute approximate surface area is 161 Å². The predicted molar refractivity (Wildman–Crippen MR) is 102 cm³/mol. The lowest BCUT2D eigenvalue weighted by Crippen LogP contribution is -2.37. The highest BCUT2D eigenvalue weighted by Crippen LogP contribution is 2.31. The number of carbonyl (C=O) groups is 2. The van der Waals surface area contributed by atoms with Gasteiger partial charge in [-0.1, -0.05) is 24.3 Å². The first-order valence-electron chi connectivity index (χ1n) is 9.46. The number of anilines is 2. The van der Waals surface area contributed by atoms with Crippen LogP contribution < -0.4 is 15.5 Å². The Hall–Kier alpha value is -2.96. The molecule has 0 aromatic heterocycles. The highest BCUT2D eigenvalue weighted by molar-refractivity contribution is 6.39. The zero-order valence-electron chi connectivity index (χ0n) is 15.3. The average Bonchev–Trinajstić information content (AvgIpc) is 3.32. The monoisotopic (exact) mass is 385 g/mol. The van der Waals surface area contributed by atoms with Gasteiger partial charge in [-0.25, -0.2) is 8.78 Å². The molecule has 28 heavy (non-hydrogen) atoms. The number of carbonyl (C=O) groups excluding carboxylic acids is 2. The Morgan fingerprint density at radius 2 is 1.68 bits per heavy atom. The molecule has 2 aliphatic rings. The van der Waals surface area contributed by atoms with Crippen LogP contribution in [0.1, 0.15) is 36.4 Å². The quantitative estimate of drug-likeness (QED) is 0.797. The third-order valence-corrected chi connectivity index (χ3v) is 5.34. The fraction of sp³-hybridized carbons (Fsp3) is 0.333. The van der Waals surface area contributed by atoms with E-state index in [4.69, 9.17) is 0 Å². The van der Waals surface area contributed by atoms with E-state index in [1.54, 1.807) is 4.90 Å². The number of fused-ring (bicyclic) bond motifs is 1. The van der Waals surface area contributed by atoms with E-state index in [0.29, 0.717) is 19.5 Å². The van der Waals surface area contributed by atoms with Gasteiger partial charge in [0.1, 0.15) is 5.69 Å². The second-order valence-corrected chi connectivity index (χ2v) is 7.20. The summed E-state index contributed by atoms with van der Waals surface area (Å²) in [6.45, 7) is 1.20. The minimum absolute atomic E-state index is 0.0788. The summed E-state index contributed by atoms with van der Waals surface area (Å²) >= 11 is 0. The molecule has 0 bridgehead atoms. The van der Waals surface area contributed by atoms with Gasteiger partial charge >= 0.3 is 11.8 Å². The molecule has 1 aliphatic heterocycles. The number of benzene rings is 2. The summed E-state index contributed by atoms with van der Waals surface area (Å²) < 4.78 is 28.7. The number of rotatable bonds is 3. The predicted octanol–water partition coefficient (Wildman–Crippen LogP) is 3.31. The van der Waals surface area contributed by atoms with E-state index >= 15 is 0 Å². The Bertz CT molecular complexity index is 903. The van der Waals surface area contributed by atoms with Crippen molar-refractivity contribution in [2.75, 3.05) is 23.3 Å². The lowest BCUT2D eigenvalue weighted by Gasteiger charge is -2.20. The van der Waals surface area contributed by atoms with Crippen LogP contribution in [0.3, 0.4) is 0 Å². The minimum atomic E-state index is -0.947. The van der Waals surface area contributed by atoms with Crippen molar-refractivity contribution >= 4 is 23.2 Å². The normalized spacial score (nSPS) is 18.1. The van der Waals surface area contributed by atoms with Gasteiger partial charge in [0.2, 0.25) is 0 Å². The fourth-order valence-electron chi connectivity index (χ4n) is 4.00. The number of nitrogens with zero attached hydrogens (tertiary/aromatic N) is 1. The van der Waals surface area contributed by atoms with E-state index in [1.165, 1.54) is 0 Å². The topological polar surface area (TPSA) is 61.4 Å². The molecule has 1 aliphatic carbocycles. The molecule has 2 N–H and O–H groups in total. The third kappa shape index (κ3) is 3.56. The molecule has 2 aromatic carbocycles. The molecule has 1 saturated heterocycles. The minimum Gasteiger partial charge on any atom is -0.367 e. The number of amides is 2. The first-order chi connectivity index (χ1) is 13.5. The van der Waals surface area contributed by atoms with E-state index in [-0.39, 0.29) is 17.4 Å². The van der Waals surface area contributed by atoms with Gasteiger partial charge in [-0.15, -0.1) is 0 Å². The van der Waals surface area contributed by atoms with Crippen LogP contribution in [0.5, 0.6) is 0 Å². The largest absolute Gasteiger partial charge is 0.367 e. The van der Waals surface area contributed by atoms with Crippen molar-refractivity contribution in [2.24, 2.45) is 0 Å².